The summed E-state index contributed by atoms with van der Waals surface area (Å²) in [5.74, 6) is 0.298. The number of methoxy groups -OCH3 is 2. The normalized spacial score (nSPS) is 16.1. The topological polar surface area (TPSA) is 97.4 Å². The van der Waals surface area contributed by atoms with Crippen molar-refractivity contribution in [3.8, 4) is 11.5 Å². The van der Waals surface area contributed by atoms with Crippen molar-refractivity contribution in [3.05, 3.63) is 53.1 Å². The van der Waals surface area contributed by atoms with Gasteiger partial charge in [-0.15, -0.1) is 0 Å². The second-order valence-electron chi connectivity index (χ2n) is 9.06. The summed E-state index contributed by atoms with van der Waals surface area (Å²) in [5.41, 5.74) is 2.08. The van der Waals surface area contributed by atoms with Gasteiger partial charge in [0.1, 0.15) is 6.17 Å². The number of para-hydroxylation sites is 1. The lowest BCUT2D eigenvalue weighted by atomic mass is 10.0. The van der Waals surface area contributed by atoms with Crippen LogP contribution in [-0.4, -0.2) is 62.6 Å². The SMILES string of the molecule is COc1ccc2c(c1OC)C(=O)N1c3ccccc3C(=O)N(CCCC(=O)NCCCOC(C)C)[C@H]21. The van der Waals surface area contributed by atoms with E-state index < -0.39 is 6.17 Å². The lowest BCUT2D eigenvalue weighted by Gasteiger charge is -2.41. The third-order valence-corrected chi connectivity index (χ3v) is 6.38. The van der Waals surface area contributed by atoms with E-state index in [9.17, 15) is 14.4 Å². The summed E-state index contributed by atoms with van der Waals surface area (Å²) in [5, 5.41) is 2.90. The van der Waals surface area contributed by atoms with Crippen molar-refractivity contribution in [1.29, 1.82) is 0 Å². The standard InChI is InChI=1S/C27H33N3O6/c1-17(2)36-16-8-14-28-22(31)11-7-15-29-25-19-12-13-21(34-3)24(35-4)23(19)27(33)30(25)20-10-6-5-9-18(20)26(29)32/h5-6,9-10,12-13,17,25H,7-8,11,14-16H2,1-4H3,(H,28,31)/t25-/m0/s1. The number of nitrogens with zero attached hydrogens (tertiary/aromatic N) is 2. The summed E-state index contributed by atoms with van der Waals surface area (Å²) < 4.78 is 16.4. The lowest BCUT2D eigenvalue weighted by Crippen LogP contribution is -2.48. The maximum absolute atomic E-state index is 13.7. The monoisotopic (exact) mass is 495 g/mol. The van der Waals surface area contributed by atoms with E-state index in [1.54, 1.807) is 40.1 Å². The van der Waals surface area contributed by atoms with E-state index in [1.165, 1.54) is 14.2 Å². The summed E-state index contributed by atoms with van der Waals surface area (Å²) in [4.78, 5) is 42.9. The fraction of sp³-hybridized carbons (Fsp3) is 0.444. The number of fused-ring (bicyclic) bond motifs is 5. The van der Waals surface area contributed by atoms with Gasteiger partial charge in [-0.2, -0.15) is 0 Å². The van der Waals surface area contributed by atoms with Gasteiger partial charge in [0.25, 0.3) is 11.8 Å². The van der Waals surface area contributed by atoms with Gasteiger partial charge < -0.3 is 24.4 Å². The van der Waals surface area contributed by atoms with E-state index >= 15 is 0 Å². The molecule has 1 N–H and O–H groups in total. The fourth-order valence-electron chi connectivity index (χ4n) is 4.77. The molecule has 2 heterocycles. The molecule has 3 amide bonds. The highest BCUT2D eigenvalue weighted by Crippen LogP contribution is 2.49. The molecular weight excluding hydrogens is 462 g/mol. The van der Waals surface area contributed by atoms with Crippen LogP contribution in [0, 0.1) is 0 Å². The first-order valence-corrected chi connectivity index (χ1v) is 12.3. The fourth-order valence-corrected chi connectivity index (χ4v) is 4.77. The predicted molar refractivity (Wildman–Crippen MR) is 135 cm³/mol. The van der Waals surface area contributed by atoms with Crippen LogP contribution in [0.25, 0.3) is 0 Å². The molecule has 0 aromatic heterocycles. The first-order valence-electron chi connectivity index (χ1n) is 12.3. The van der Waals surface area contributed by atoms with E-state index in [2.05, 4.69) is 5.32 Å². The smallest absolute Gasteiger partial charge is 0.264 e. The first kappa shape index (κ1) is 25.5. The summed E-state index contributed by atoms with van der Waals surface area (Å²) in [6.07, 6.45) is 1.03. The predicted octanol–water partition coefficient (Wildman–Crippen LogP) is 3.53. The van der Waals surface area contributed by atoms with Crippen LogP contribution in [-0.2, 0) is 9.53 Å². The van der Waals surface area contributed by atoms with Crippen molar-refractivity contribution in [2.24, 2.45) is 0 Å². The van der Waals surface area contributed by atoms with Gasteiger partial charge in [0.2, 0.25) is 5.91 Å². The third-order valence-electron chi connectivity index (χ3n) is 6.38. The summed E-state index contributed by atoms with van der Waals surface area (Å²) in [6.45, 7) is 5.41. The number of carbonyl (C=O) groups excluding carboxylic acids is 3. The minimum Gasteiger partial charge on any atom is -0.493 e. The van der Waals surface area contributed by atoms with Crippen molar-refractivity contribution in [3.63, 3.8) is 0 Å². The number of anilines is 1. The van der Waals surface area contributed by atoms with E-state index in [0.29, 0.717) is 60.0 Å². The molecule has 2 aliphatic rings. The van der Waals surface area contributed by atoms with Gasteiger partial charge in [-0.3, -0.25) is 19.3 Å². The second kappa shape index (κ2) is 11.0. The number of hydrogen-bond donors (Lipinski definition) is 1. The number of benzene rings is 2. The molecule has 0 saturated carbocycles. The van der Waals surface area contributed by atoms with E-state index in [4.69, 9.17) is 14.2 Å². The molecule has 2 aromatic rings. The molecule has 0 unspecified atom stereocenters. The van der Waals surface area contributed by atoms with Gasteiger partial charge in [-0.05, 0) is 44.9 Å². The number of rotatable bonds is 11. The number of hydrogen-bond acceptors (Lipinski definition) is 6. The van der Waals surface area contributed by atoms with Gasteiger partial charge in [0.05, 0.1) is 37.1 Å². The maximum Gasteiger partial charge on any atom is 0.264 e. The molecule has 0 radical (unpaired) electrons. The lowest BCUT2D eigenvalue weighted by molar-refractivity contribution is -0.121. The Bertz CT molecular complexity index is 1150. The van der Waals surface area contributed by atoms with Gasteiger partial charge >= 0.3 is 0 Å². The quantitative estimate of drug-likeness (QED) is 0.479. The second-order valence-corrected chi connectivity index (χ2v) is 9.06. The minimum atomic E-state index is -0.619. The zero-order valence-corrected chi connectivity index (χ0v) is 21.2. The van der Waals surface area contributed by atoms with Crippen molar-refractivity contribution in [1.82, 2.24) is 10.2 Å². The van der Waals surface area contributed by atoms with Crippen LogP contribution >= 0.6 is 0 Å². The Morgan fingerprint density at radius 1 is 1.03 bits per heavy atom. The molecule has 0 saturated heterocycles. The van der Waals surface area contributed by atoms with E-state index in [0.717, 1.165) is 6.42 Å². The summed E-state index contributed by atoms with van der Waals surface area (Å²) in [7, 11) is 3.01. The average molecular weight is 496 g/mol. The molecule has 1 atom stereocenters. The maximum atomic E-state index is 13.7. The molecule has 2 aliphatic heterocycles. The number of amides is 3. The minimum absolute atomic E-state index is 0.0736. The number of ether oxygens (including phenoxy) is 3. The molecular formula is C27H33N3O6. The van der Waals surface area contributed by atoms with Crippen molar-refractivity contribution >= 4 is 23.4 Å². The Morgan fingerprint density at radius 3 is 2.53 bits per heavy atom. The van der Waals surface area contributed by atoms with Crippen LogP contribution in [0.3, 0.4) is 0 Å². The van der Waals surface area contributed by atoms with Crippen LogP contribution in [0.4, 0.5) is 5.69 Å². The van der Waals surface area contributed by atoms with Gasteiger partial charge in [-0.1, -0.05) is 18.2 Å². The van der Waals surface area contributed by atoms with Gasteiger partial charge in [0, 0.05) is 31.7 Å². The highest BCUT2D eigenvalue weighted by Gasteiger charge is 2.49. The van der Waals surface area contributed by atoms with Gasteiger partial charge in [0.15, 0.2) is 11.5 Å². The average Bonchev–Trinajstić information content (AvgIpc) is 3.17. The van der Waals surface area contributed by atoms with Crippen LogP contribution in [0.5, 0.6) is 11.5 Å². The van der Waals surface area contributed by atoms with Crippen LogP contribution < -0.4 is 19.7 Å². The van der Waals surface area contributed by atoms with E-state index in [-0.39, 0.29) is 30.2 Å². The zero-order valence-electron chi connectivity index (χ0n) is 21.2. The van der Waals surface area contributed by atoms with Crippen LogP contribution in [0.1, 0.15) is 65.6 Å². The Balaban J connectivity index is 1.53. The van der Waals surface area contributed by atoms with Crippen LogP contribution in [0.2, 0.25) is 0 Å². The Hall–Kier alpha value is -3.59. The zero-order chi connectivity index (χ0) is 25.8. The number of nitrogens with one attached hydrogen (secondary N) is 1. The molecule has 0 fully saturated rings. The summed E-state index contributed by atoms with van der Waals surface area (Å²) >= 11 is 0. The molecule has 9 nitrogen and oxygen atoms in total. The van der Waals surface area contributed by atoms with E-state index in [1.807, 2.05) is 19.9 Å². The molecule has 9 heteroatoms. The largest absolute Gasteiger partial charge is 0.493 e. The highest BCUT2D eigenvalue weighted by atomic mass is 16.5. The third kappa shape index (κ3) is 4.75. The van der Waals surface area contributed by atoms with Crippen molar-refractivity contribution in [2.45, 2.75) is 45.4 Å². The van der Waals surface area contributed by atoms with Crippen molar-refractivity contribution in [2.75, 3.05) is 38.8 Å². The van der Waals surface area contributed by atoms with Crippen molar-refractivity contribution < 1.29 is 28.6 Å². The highest BCUT2D eigenvalue weighted by molar-refractivity contribution is 6.18. The molecule has 0 spiro atoms. The molecule has 2 aromatic carbocycles. The first-order chi connectivity index (χ1) is 17.4. The molecule has 0 aliphatic carbocycles. The molecule has 192 valence electrons. The summed E-state index contributed by atoms with van der Waals surface area (Å²) in [6, 6.07) is 10.6. The Kier molecular flexibility index (Phi) is 7.79. The molecule has 0 bridgehead atoms. The number of carbonyl (C=O) groups is 3. The molecule has 36 heavy (non-hydrogen) atoms. The van der Waals surface area contributed by atoms with Crippen LogP contribution in [0.15, 0.2) is 36.4 Å². The Labute approximate surface area is 211 Å². The molecule has 4 rings (SSSR count). The Morgan fingerprint density at radius 2 is 1.81 bits per heavy atom. The van der Waals surface area contributed by atoms with Gasteiger partial charge in [-0.25, -0.2) is 0 Å².